The molecule has 1 N–H and O–H groups in total. The molecule has 4 rings (SSSR count). The van der Waals surface area contributed by atoms with E-state index in [2.05, 4.69) is 19.8 Å². The topological polar surface area (TPSA) is 103 Å². The fraction of sp³-hybridized carbons (Fsp3) is 0.190. The number of ether oxygens (including phenoxy) is 2. The van der Waals surface area contributed by atoms with Crippen LogP contribution in [0.2, 0.25) is 0 Å². The van der Waals surface area contributed by atoms with E-state index in [1.54, 1.807) is 6.07 Å². The molecule has 0 unspecified atom stereocenters. The molecule has 2 aromatic carbocycles. The first-order valence-electron chi connectivity index (χ1n) is 9.05. The molecular weight excluding hydrogens is 374 g/mol. The van der Waals surface area contributed by atoms with Gasteiger partial charge in [0.25, 0.3) is 5.88 Å². The molecule has 0 aliphatic rings. The van der Waals surface area contributed by atoms with Gasteiger partial charge in [-0.15, -0.1) is 0 Å². The highest BCUT2D eigenvalue weighted by Crippen LogP contribution is 2.28. The minimum absolute atomic E-state index is 0.266. The number of nitrogens with zero attached hydrogens (tertiary/aromatic N) is 2. The van der Waals surface area contributed by atoms with Crippen LogP contribution in [0, 0.1) is 13.8 Å². The lowest BCUT2D eigenvalue weighted by Crippen LogP contribution is -2.10. The first-order chi connectivity index (χ1) is 14.1. The Hall–Kier alpha value is -3.81. The van der Waals surface area contributed by atoms with Crippen molar-refractivity contribution in [2.45, 2.75) is 13.8 Å². The summed E-state index contributed by atoms with van der Waals surface area (Å²) < 4.78 is 21.3. The van der Waals surface area contributed by atoms with E-state index in [4.69, 9.17) is 14.0 Å². The lowest BCUT2D eigenvalue weighted by atomic mass is 10.1. The number of benzene rings is 2. The highest BCUT2D eigenvalue weighted by molar-refractivity contribution is 5.64. The van der Waals surface area contributed by atoms with E-state index >= 15 is 0 Å². The van der Waals surface area contributed by atoms with Crippen LogP contribution in [0.15, 0.2) is 62.4 Å². The van der Waals surface area contributed by atoms with E-state index in [1.807, 2.05) is 56.3 Å². The molecule has 0 amide bonds. The number of hydrogen-bond donors (Lipinski definition) is 1. The molecule has 0 atom stereocenters. The van der Waals surface area contributed by atoms with E-state index in [1.165, 1.54) is 5.56 Å². The van der Waals surface area contributed by atoms with Crippen LogP contribution >= 0.6 is 0 Å². The molecule has 2 aromatic heterocycles. The van der Waals surface area contributed by atoms with Crippen LogP contribution in [0.5, 0.6) is 11.6 Å². The fourth-order valence-corrected chi connectivity index (χ4v) is 2.77. The van der Waals surface area contributed by atoms with Gasteiger partial charge in [-0.3, -0.25) is 9.51 Å². The maximum atomic E-state index is 11.2. The predicted molar refractivity (Wildman–Crippen MR) is 105 cm³/mol. The number of aromatic nitrogens is 3. The van der Waals surface area contributed by atoms with Gasteiger partial charge in [0.15, 0.2) is 11.6 Å². The minimum atomic E-state index is -0.620. The second kappa shape index (κ2) is 8.05. The van der Waals surface area contributed by atoms with Gasteiger partial charge in [-0.25, -0.2) is 4.79 Å². The quantitative estimate of drug-likeness (QED) is 0.477. The molecule has 2 heterocycles. The van der Waals surface area contributed by atoms with Crippen LogP contribution in [0.4, 0.5) is 0 Å². The van der Waals surface area contributed by atoms with Crippen molar-refractivity contribution in [1.82, 2.24) is 15.3 Å². The summed E-state index contributed by atoms with van der Waals surface area (Å²) in [5.41, 5.74) is 3.74. The zero-order valence-corrected chi connectivity index (χ0v) is 16.0. The fourth-order valence-electron chi connectivity index (χ4n) is 2.77. The Morgan fingerprint density at radius 3 is 2.41 bits per heavy atom. The summed E-state index contributed by atoms with van der Waals surface area (Å²) in [5.74, 6) is 1.28. The lowest BCUT2D eigenvalue weighted by Gasteiger charge is -2.10. The molecule has 0 saturated heterocycles. The monoisotopic (exact) mass is 393 g/mol. The van der Waals surface area contributed by atoms with Gasteiger partial charge in [0.2, 0.25) is 0 Å². The van der Waals surface area contributed by atoms with Crippen molar-refractivity contribution in [3.8, 4) is 34.3 Å². The third kappa shape index (κ3) is 4.37. The van der Waals surface area contributed by atoms with Crippen molar-refractivity contribution in [1.29, 1.82) is 0 Å². The van der Waals surface area contributed by atoms with E-state index in [-0.39, 0.29) is 13.2 Å². The normalized spacial score (nSPS) is 10.8. The molecule has 8 heteroatoms. The van der Waals surface area contributed by atoms with Gasteiger partial charge >= 0.3 is 5.76 Å². The summed E-state index contributed by atoms with van der Waals surface area (Å²) >= 11 is 0. The molecule has 8 nitrogen and oxygen atoms in total. The highest BCUT2D eigenvalue weighted by Gasteiger charge is 2.12. The van der Waals surface area contributed by atoms with Crippen LogP contribution in [0.1, 0.15) is 11.1 Å². The van der Waals surface area contributed by atoms with Crippen molar-refractivity contribution in [2.24, 2.45) is 0 Å². The summed E-state index contributed by atoms with van der Waals surface area (Å²) in [6.45, 7) is 4.51. The molecule has 0 spiro atoms. The Morgan fingerprint density at radius 1 is 0.897 bits per heavy atom. The first-order valence-corrected chi connectivity index (χ1v) is 9.05. The van der Waals surface area contributed by atoms with Gasteiger partial charge < -0.3 is 14.0 Å². The van der Waals surface area contributed by atoms with E-state index in [9.17, 15) is 4.79 Å². The van der Waals surface area contributed by atoms with Gasteiger partial charge in [-0.05, 0) is 36.7 Å². The molecule has 0 aliphatic heterocycles. The highest BCUT2D eigenvalue weighted by atomic mass is 16.6. The van der Waals surface area contributed by atoms with Crippen LogP contribution in [-0.4, -0.2) is 28.5 Å². The Bertz CT molecular complexity index is 1160. The minimum Gasteiger partial charge on any atom is -0.489 e. The van der Waals surface area contributed by atoms with Gasteiger partial charge in [-0.2, -0.15) is 0 Å². The summed E-state index contributed by atoms with van der Waals surface area (Å²) in [4.78, 5) is 13.7. The summed E-state index contributed by atoms with van der Waals surface area (Å²) in [6.07, 6.45) is 0. The summed E-state index contributed by atoms with van der Waals surface area (Å²) in [5, 5.41) is 7.64. The van der Waals surface area contributed by atoms with Crippen LogP contribution in [0.25, 0.3) is 22.7 Å². The van der Waals surface area contributed by atoms with E-state index in [0.29, 0.717) is 28.8 Å². The largest absolute Gasteiger partial charge is 0.489 e. The molecule has 0 bridgehead atoms. The van der Waals surface area contributed by atoms with Crippen molar-refractivity contribution < 1.29 is 18.5 Å². The Morgan fingerprint density at radius 2 is 1.66 bits per heavy atom. The van der Waals surface area contributed by atoms with Gasteiger partial charge in [-0.1, -0.05) is 41.1 Å². The number of H-pyrrole nitrogens is 1. The van der Waals surface area contributed by atoms with Crippen LogP contribution < -0.4 is 15.2 Å². The molecule has 4 aromatic rings. The average molecular weight is 393 g/mol. The number of nitrogens with one attached hydrogen (secondary N) is 1. The molecule has 29 heavy (non-hydrogen) atoms. The first kappa shape index (κ1) is 18.5. The van der Waals surface area contributed by atoms with Gasteiger partial charge in [0, 0.05) is 11.6 Å². The average Bonchev–Trinajstić information content (AvgIpc) is 3.35. The van der Waals surface area contributed by atoms with E-state index < -0.39 is 5.76 Å². The molecule has 0 aliphatic carbocycles. The second-order valence-electron chi connectivity index (χ2n) is 6.54. The molecular formula is C21H19N3O5. The van der Waals surface area contributed by atoms with Crippen molar-refractivity contribution in [2.75, 3.05) is 13.2 Å². The van der Waals surface area contributed by atoms with E-state index in [0.717, 1.165) is 11.1 Å². The Balaban J connectivity index is 1.37. The zero-order chi connectivity index (χ0) is 20.2. The number of aromatic amines is 1. The number of hydrogen-bond acceptors (Lipinski definition) is 7. The number of rotatable bonds is 7. The standard InChI is InChI=1S/C21H19N3O5/c1-13-3-6-15(7-4-13)17-12-19(23-28-17)27-10-9-26-18-11-14(2)5-8-16(18)20-22-21(25)29-24-20/h3-8,11-12H,9-10H2,1-2H3,(H,22,24,25). The second-order valence-corrected chi connectivity index (χ2v) is 6.54. The van der Waals surface area contributed by atoms with Crippen molar-refractivity contribution in [3.63, 3.8) is 0 Å². The molecule has 0 radical (unpaired) electrons. The summed E-state index contributed by atoms with van der Waals surface area (Å²) in [7, 11) is 0. The smallest absolute Gasteiger partial charge is 0.439 e. The molecule has 0 fully saturated rings. The SMILES string of the molecule is Cc1ccc(-c2cc(OCCOc3cc(C)ccc3-c3noc(=O)[nH]3)no2)cc1. The van der Waals surface area contributed by atoms with Gasteiger partial charge in [0.1, 0.15) is 19.0 Å². The number of aryl methyl sites for hydroxylation is 2. The van der Waals surface area contributed by atoms with Crippen LogP contribution in [0.3, 0.4) is 0 Å². The van der Waals surface area contributed by atoms with Crippen molar-refractivity contribution >= 4 is 0 Å². The zero-order valence-electron chi connectivity index (χ0n) is 16.0. The maximum Gasteiger partial charge on any atom is 0.439 e. The van der Waals surface area contributed by atoms with Gasteiger partial charge in [0.05, 0.1) is 5.56 Å². The predicted octanol–water partition coefficient (Wildman–Crippen LogP) is 3.76. The Kier molecular flexibility index (Phi) is 5.15. The maximum absolute atomic E-state index is 11.2. The lowest BCUT2D eigenvalue weighted by molar-refractivity contribution is 0.205. The molecule has 0 saturated carbocycles. The third-order valence-corrected chi connectivity index (χ3v) is 4.25. The van der Waals surface area contributed by atoms with Crippen molar-refractivity contribution in [3.05, 3.63) is 70.2 Å². The van der Waals surface area contributed by atoms with Crippen LogP contribution in [-0.2, 0) is 0 Å². The summed E-state index contributed by atoms with van der Waals surface area (Å²) in [6, 6.07) is 15.3. The molecule has 148 valence electrons. The Labute approximate surface area is 166 Å². The third-order valence-electron chi connectivity index (χ3n) is 4.25.